The van der Waals surface area contributed by atoms with Crippen LogP contribution in [-0.2, 0) is 0 Å². The minimum atomic E-state index is 0.0866. The van der Waals surface area contributed by atoms with Gasteiger partial charge in [0.1, 0.15) is 0 Å². The molecule has 1 aliphatic carbocycles. The maximum absolute atomic E-state index is 12.2. The number of nitrogen functional groups attached to an aromatic ring is 1. The Morgan fingerprint density at radius 2 is 1.95 bits per heavy atom. The fourth-order valence-electron chi connectivity index (χ4n) is 2.91. The van der Waals surface area contributed by atoms with Crippen molar-refractivity contribution in [3.63, 3.8) is 0 Å². The van der Waals surface area contributed by atoms with Gasteiger partial charge in [-0.1, -0.05) is 55.3 Å². The molecule has 0 amide bonds. The van der Waals surface area contributed by atoms with Crippen LogP contribution in [-0.4, -0.2) is 26.7 Å². The summed E-state index contributed by atoms with van der Waals surface area (Å²) in [7, 11) is 0. The lowest BCUT2D eigenvalue weighted by atomic mass is 9.84. The SMILES string of the molecule is Nc1nc(SCC(=O)c2ccc(C3CCCCC3)cc2)n[nH]1. The van der Waals surface area contributed by atoms with E-state index in [4.69, 9.17) is 5.73 Å². The fraction of sp³-hybridized carbons (Fsp3) is 0.438. The van der Waals surface area contributed by atoms with Gasteiger partial charge in [0.2, 0.25) is 11.1 Å². The van der Waals surface area contributed by atoms with E-state index in [9.17, 15) is 4.79 Å². The van der Waals surface area contributed by atoms with Gasteiger partial charge in [0.05, 0.1) is 5.75 Å². The van der Waals surface area contributed by atoms with Crippen LogP contribution in [0.4, 0.5) is 5.95 Å². The molecule has 0 bridgehead atoms. The number of nitrogens with two attached hydrogens (primary N) is 1. The molecule has 6 heteroatoms. The van der Waals surface area contributed by atoms with Gasteiger partial charge in [-0.05, 0) is 24.3 Å². The number of carbonyl (C=O) groups is 1. The highest BCUT2D eigenvalue weighted by molar-refractivity contribution is 7.99. The molecule has 1 aliphatic rings. The van der Waals surface area contributed by atoms with Crippen LogP contribution in [0.15, 0.2) is 29.4 Å². The summed E-state index contributed by atoms with van der Waals surface area (Å²) < 4.78 is 0. The predicted molar refractivity (Wildman–Crippen MR) is 88.1 cm³/mol. The predicted octanol–water partition coefficient (Wildman–Crippen LogP) is 3.41. The molecule has 2 aromatic rings. The summed E-state index contributed by atoms with van der Waals surface area (Å²) in [6.07, 6.45) is 6.55. The summed E-state index contributed by atoms with van der Waals surface area (Å²) >= 11 is 1.29. The lowest BCUT2D eigenvalue weighted by Crippen LogP contribution is -2.06. The molecule has 5 nitrogen and oxygen atoms in total. The molecule has 1 saturated carbocycles. The third-order valence-electron chi connectivity index (χ3n) is 4.12. The van der Waals surface area contributed by atoms with Gasteiger partial charge in [0.15, 0.2) is 5.78 Å². The van der Waals surface area contributed by atoms with Gasteiger partial charge >= 0.3 is 0 Å². The van der Waals surface area contributed by atoms with Crippen LogP contribution in [0.5, 0.6) is 0 Å². The summed E-state index contributed by atoms with van der Waals surface area (Å²) in [5.41, 5.74) is 7.57. The number of anilines is 1. The number of nitrogens with zero attached hydrogens (tertiary/aromatic N) is 2. The van der Waals surface area contributed by atoms with Crippen molar-refractivity contribution in [2.45, 2.75) is 43.2 Å². The Balaban J connectivity index is 1.58. The Hall–Kier alpha value is -1.82. The molecule has 22 heavy (non-hydrogen) atoms. The van der Waals surface area contributed by atoms with E-state index < -0.39 is 0 Å². The number of hydrogen-bond acceptors (Lipinski definition) is 5. The van der Waals surface area contributed by atoms with E-state index in [-0.39, 0.29) is 11.7 Å². The zero-order valence-corrected chi connectivity index (χ0v) is 13.2. The maximum Gasteiger partial charge on any atom is 0.216 e. The first-order valence-corrected chi connectivity index (χ1v) is 8.65. The monoisotopic (exact) mass is 316 g/mol. The summed E-state index contributed by atoms with van der Waals surface area (Å²) in [4.78, 5) is 16.2. The molecule has 0 aliphatic heterocycles. The van der Waals surface area contributed by atoms with Crippen LogP contribution in [0.2, 0.25) is 0 Å². The second kappa shape index (κ2) is 6.96. The number of Topliss-reactive ketones (excluding diaryl/α,β-unsaturated/α-hetero) is 1. The smallest absolute Gasteiger partial charge is 0.216 e. The summed E-state index contributed by atoms with van der Waals surface area (Å²) in [5.74, 6) is 1.35. The van der Waals surface area contributed by atoms with Gasteiger partial charge < -0.3 is 5.73 Å². The summed E-state index contributed by atoms with van der Waals surface area (Å²) in [5, 5.41) is 6.97. The molecule has 3 rings (SSSR count). The van der Waals surface area contributed by atoms with Crippen molar-refractivity contribution in [1.82, 2.24) is 15.2 Å². The van der Waals surface area contributed by atoms with E-state index in [0.717, 1.165) is 5.56 Å². The first-order chi connectivity index (χ1) is 10.7. The molecular formula is C16H20N4OS. The average molecular weight is 316 g/mol. The van der Waals surface area contributed by atoms with Crippen molar-refractivity contribution in [2.24, 2.45) is 0 Å². The number of benzene rings is 1. The van der Waals surface area contributed by atoms with Crippen LogP contribution >= 0.6 is 11.8 Å². The van der Waals surface area contributed by atoms with Gasteiger partial charge in [-0.3, -0.25) is 4.79 Å². The number of hydrogen-bond donors (Lipinski definition) is 2. The molecule has 1 heterocycles. The van der Waals surface area contributed by atoms with Crippen LogP contribution in [0.25, 0.3) is 0 Å². The highest BCUT2D eigenvalue weighted by Crippen LogP contribution is 2.32. The molecule has 3 N–H and O–H groups in total. The number of aromatic nitrogens is 3. The molecule has 0 atom stereocenters. The number of thioether (sulfide) groups is 1. The minimum Gasteiger partial charge on any atom is -0.368 e. The van der Waals surface area contributed by atoms with Crippen LogP contribution in [0.3, 0.4) is 0 Å². The van der Waals surface area contributed by atoms with Gasteiger partial charge in [0, 0.05) is 5.56 Å². The first kappa shape index (κ1) is 15.1. The number of nitrogens with one attached hydrogen (secondary N) is 1. The number of ketones is 1. The summed E-state index contributed by atoms with van der Waals surface area (Å²) in [6, 6.07) is 8.11. The largest absolute Gasteiger partial charge is 0.368 e. The number of rotatable bonds is 5. The van der Waals surface area contributed by atoms with Crippen LogP contribution in [0.1, 0.15) is 53.9 Å². The number of H-pyrrole nitrogens is 1. The zero-order chi connectivity index (χ0) is 15.4. The van der Waals surface area contributed by atoms with Crippen molar-refractivity contribution in [3.8, 4) is 0 Å². The Kier molecular flexibility index (Phi) is 4.77. The molecular weight excluding hydrogens is 296 g/mol. The zero-order valence-electron chi connectivity index (χ0n) is 12.4. The molecule has 116 valence electrons. The van der Waals surface area contributed by atoms with E-state index in [1.807, 2.05) is 12.1 Å². The highest BCUT2D eigenvalue weighted by atomic mass is 32.2. The third-order valence-corrected chi connectivity index (χ3v) is 4.97. The van der Waals surface area contributed by atoms with Crippen molar-refractivity contribution >= 4 is 23.5 Å². The van der Waals surface area contributed by atoms with Gasteiger partial charge in [-0.15, -0.1) is 5.10 Å². The van der Waals surface area contributed by atoms with Crippen molar-refractivity contribution in [1.29, 1.82) is 0 Å². The maximum atomic E-state index is 12.2. The van der Waals surface area contributed by atoms with Crippen molar-refractivity contribution < 1.29 is 4.79 Å². The van der Waals surface area contributed by atoms with Gasteiger partial charge in [-0.25, -0.2) is 5.10 Å². The van der Waals surface area contributed by atoms with Gasteiger partial charge in [0.25, 0.3) is 0 Å². The van der Waals surface area contributed by atoms with E-state index >= 15 is 0 Å². The van der Waals surface area contributed by atoms with Crippen LogP contribution < -0.4 is 5.73 Å². The molecule has 0 radical (unpaired) electrons. The molecule has 1 aromatic carbocycles. The second-order valence-corrected chi connectivity index (χ2v) is 6.61. The first-order valence-electron chi connectivity index (χ1n) is 7.66. The molecule has 0 unspecified atom stereocenters. The second-order valence-electron chi connectivity index (χ2n) is 5.67. The molecule has 0 saturated heterocycles. The van der Waals surface area contributed by atoms with E-state index in [1.54, 1.807) is 0 Å². The normalized spacial score (nSPS) is 15.8. The van der Waals surface area contributed by atoms with E-state index in [1.165, 1.54) is 49.4 Å². The number of carbonyl (C=O) groups excluding carboxylic acids is 1. The average Bonchev–Trinajstić information content (AvgIpc) is 2.99. The van der Waals surface area contributed by atoms with Crippen molar-refractivity contribution in [2.75, 3.05) is 11.5 Å². The lowest BCUT2D eigenvalue weighted by Gasteiger charge is -2.22. The van der Waals surface area contributed by atoms with E-state index in [2.05, 4.69) is 27.3 Å². The highest BCUT2D eigenvalue weighted by Gasteiger charge is 2.16. The topological polar surface area (TPSA) is 84.7 Å². The Morgan fingerprint density at radius 3 is 2.59 bits per heavy atom. The third kappa shape index (κ3) is 3.68. The van der Waals surface area contributed by atoms with Gasteiger partial charge in [-0.2, -0.15) is 4.98 Å². The minimum absolute atomic E-state index is 0.0866. The quantitative estimate of drug-likeness (QED) is 0.652. The molecule has 1 aromatic heterocycles. The standard InChI is InChI=1S/C16H20N4OS/c17-15-18-16(20-19-15)22-10-14(21)13-8-6-12(7-9-13)11-4-2-1-3-5-11/h6-9,11H,1-5,10H2,(H3,17,18,19,20). The van der Waals surface area contributed by atoms with Crippen molar-refractivity contribution in [3.05, 3.63) is 35.4 Å². The Bertz CT molecular complexity index is 632. The molecule has 1 fully saturated rings. The summed E-state index contributed by atoms with van der Waals surface area (Å²) in [6.45, 7) is 0. The van der Waals surface area contributed by atoms with E-state index in [0.29, 0.717) is 16.8 Å². The Labute approximate surface area is 134 Å². The van der Waals surface area contributed by atoms with Crippen LogP contribution in [0, 0.1) is 0 Å². The number of aromatic amines is 1. The fourth-order valence-corrected chi connectivity index (χ4v) is 3.61. The Morgan fingerprint density at radius 1 is 1.23 bits per heavy atom. The lowest BCUT2D eigenvalue weighted by molar-refractivity contribution is 0.102. The molecule has 0 spiro atoms.